The number of ether oxygens (including phenoxy) is 1. The Bertz CT molecular complexity index is 179. The first-order valence-electron chi connectivity index (χ1n) is 3.61. The molecule has 0 spiro atoms. The molecule has 2 N–H and O–H groups in total. The molecule has 0 radical (unpaired) electrons. The van der Waals surface area contributed by atoms with Gasteiger partial charge < -0.3 is 0 Å². The number of aliphatic hydroxyl groups excluding tert-OH is 2. The molecule has 0 aliphatic carbocycles. The summed E-state index contributed by atoms with van der Waals surface area (Å²) in [5, 5.41) is 16.6. The fraction of sp³-hybridized carbons (Fsp3) is 1.00. The molecule has 0 aromatic heterocycles. The fourth-order valence-electron chi connectivity index (χ4n) is 0.384. The van der Waals surface area contributed by atoms with Gasteiger partial charge in [0.15, 0.2) is 0 Å². The van der Waals surface area contributed by atoms with Crippen LogP contribution in [-0.4, -0.2) is 49.6 Å². The molecule has 1 rings (SSSR count). The minimum absolute atomic E-state index is 0.266. The van der Waals surface area contributed by atoms with Crippen LogP contribution in [0.2, 0.25) is 0 Å². The van der Waals surface area contributed by atoms with Gasteiger partial charge in [-0.15, -0.1) is 0 Å². The van der Waals surface area contributed by atoms with Crippen molar-refractivity contribution in [3.05, 3.63) is 0 Å². The topological polar surface area (TPSA) is 77.7 Å². The predicted octanol–water partition coefficient (Wildman–Crippen LogP) is -1.00. The third-order valence-corrected chi connectivity index (χ3v) is 1.40. The SMILES string of the molecule is OCC(O)B=NP.PN=BC1CO1. The Morgan fingerprint density at radius 1 is 1.54 bits per heavy atom. The van der Waals surface area contributed by atoms with E-state index < -0.39 is 6.00 Å². The number of rotatable bonds is 3. The first kappa shape index (κ1) is 13.5. The molecular weight excluding hydrogens is 208 g/mol. The zero-order valence-corrected chi connectivity index (χ0v) is 9.38. The molecule has 0 aromatic rings. The molecule has 1 aliphatic heterocycles. The van der Waals surface area contributed by atoms with Crippen molar-refractivity contribution < 1.29 is 14.9 Å². The van der Waals surface area contributed by atoms with Crippen LogP contribution in [-0.2, 0) is 4.74 Å². The number of hydrogen-bond donors (Lipinski definition) is 2. The molecule has 4 unspecified atom stereocenters. The molecule has 0 bridgehead atoms. The summed E-state index contributed by atoms with van der Waals surface area (Å²) in [5.74, 6) is 0. The summed E-state index contributed by atoms with van der Waals surface area (Å²) in [6.45, 7) is 0.593. The van der Waals surface area contributed by atoms with Crippen LogP contribution < -0.4 is 0 Å². The molecule has 0 amide bonds. The Morgan fingerprint density at radius 2 is 2.15 bits per heavy atom. The van der Waals surface area contributed by atoms with E-state index in [1.165, 1.54) is 7.07 Å². The Kier molecular flexibility index (Phi) is 9.37. The van der Waals surface area contributed by atoms with Gasteiger partial charge in [-0.3, -0.25) is 0 Å². The summed E-state index contributed by atoms with van der Waals surface area (Å²) >= 11 is 0. The van der Waals surface area contributed by atoms with E-state index in [-0.39, 0.29) is 6.61 Å². The van der Waals surface area contributed by atoms with Crippen LogP contribution in [0.5, 0.6) is 0 Å². The first-order chi connectivity index (χ1) is 6.24. The predicted molar refractivity (Wildman–Crippen MR) is 58.6 cm³/mol. The molecular formula is C4H12B2N2O3P2. The maximum atomic E-state index is 8.45. The van der Waals surface area contributed by atoms with Crippen LogP contribution in [0.15, 0.2) is 9.33 Å². The molecule has 1 heterocycles. The van der Waals surface area contributed by atoms with Crippen LogP contribution in [0.1, 0.15) is 0 Å². The van der Waals surface area contributed by atoms with Crippen LogP contribution in [0.3, 0.4) is 0 Å². The van der Waals surface area contributed by atoms with Gasteiger partial charge >= 0.3 is 82.4 Å². The second-order valence-corrected chi connectivity index (χ2v) is 2.81. The zero-order chi connectivity index (χ0) is 10.1. The van der Waals surface area contributed by atoms with Crippen molar-refractivity contribution in [2.45, 2.75) is 12.0 Å². The van der Waals surface area contributed by atoms with E-state index in [1.54, 1.807) is 7.07 Å². The van der Waals surface area contributed by atoms with E-state index >= 15 is 0 Å². The molecule has 1 fully saturated rings. The number of aliphatic hydroxyl groups is 2. The first-order valence-corrected chi connectivity index (χ1v) is 4.65. The number of nitrogens with zero attached hydrogens (tertiary/aromatic N) is 2. The third kappa shape index (κ3) is 10.4. The molecule has 0 aromatic carbocycles. The Hall–Kier alpha value is 0.470. The molecule has 5 nitrogen and oxygen atoms in total. The van der Waals surface area contributed by atoms with Crippen molar-refractivity contribution in [3.63, 3.8) is 0 Å². The van der Waals surface area contributed by atoms with Gasteiger partial charge in [-0.05, 0) is 0 Å². The van der Waals surface area contributed by atoms with Crippen molar-refractivity contribution in [1.82, 2.24) is 0 Å². The Balaban J connectivity index is 0.000000223. The average molecular weight is 220 g/mol. The van der Waals surface area contributed by atoms with Crippen molar-refractivity contribution in [2.24, 2.45) is 9.33 Å². The van der Waals surface area contributed by atoms with Gasteiger partial charge in [0, 0.05) is 0 Å². The van der Waals surface area contributed by atoms with Crippen LogP contribution >= 0.6 is 18.8 Å². The summed E-state index contributed by atoms with van der Waals surface area (Å²) < 4.78 is 11.8. The van der Waals surface area contributed by atoms with Crippen molar-refractivity contribution in [3.8, 4) is 0 Å². The summed E-state index contributed by atoms with van der Waals surface area (Å²) in [6.07, 6.45) is 0. The molecule has 13 heavy (non-hydrogen) atoms. The zero-order valence-electron chi connectivity index (χ0n) is 7.08. The average Bonchev–Trinajstić information content (AvgIpc) is 2.91. The van der Waals surface area contributed by atoms with Gasteiger partial charge in [-0.1, -0.05) is 0 Å². The van der Waals surface area contributed by atoms with Crippen molar-refractivity contribution in [1.29, 1.82) is 0 Å². The normalized spacial score (nSPS) is 21.7. The standard InChI is InChI=1S/C2H7BNO2P.C2H5BNOP/c5-1-2(6)3-4-7;6-4-3-2-1-5-2/h2,5-6H,1,7H2;2H,1,6H2. The summed E-state index contributed by atoms with van der Waals surface area (Å²) in [6, 6.07) is -0.472. The maximum absolute atomic E-state index is 8.45. The molecule has 4 atom stereocenters. The number of hydrogen-bond acceptors (Lipinski definition) is 5. The van der Waals surface area contributed by atoms with Gasteiger partial charge in [0.25, 0.3) is 0 Å². The summed E-state index contributed by atoms with van der Waals surface area (Å²) in [7, 11) is 7.31. The number of epoxide rings is 1. The van der Waals surface area contributed by atoms with Crippen LogP contribution in [0.25, 0.3) is 0 Å². The quantitative estimate of drug-likeness (QED) is 0.363. The second-order valence-electron chi connectivity index (χ2n) is 2.22. The monoisotopic (exact) mass is 220 g/mol. The third-order valence-electron chi connectivity index (χ3n) is 1.06. The van der Waals surface area contributed by atoms with Crippen LogP contribution in [0.4, 0.5) is 0 Å². The molecule has 1 saturated heterocycles. The van der Waals surface area contributed by atoms with Crippen molar-refractivity contribution >= 4 is 32.9 Å². The molecule has 9 heteroatoms. The molecule has 0 saturated carbocycles. The Labute approximate surface area is 83.1 Å². The van der Waals surface area contributed by atoms with Gasteiger partial charge in [0.05, 0.1) is 0 Å². The van der Waals surface area contributed by atoms with Gasteiger partial charge in [-0.25, -0.2) is 0 Å². The van der Waals surface area contributed by atoms with Gasteiger partial charge in [0.2, 0.25) is 0 Å². The van der Waals surface area contributed by atoms with E-state index in [0.29, 0.717) is 6.00 Å². The molecule has 1 aliphatic rings. The van der Waals surface area contributed by atoms with E-state index in [9.17, 15) is 0 Å². The van der Waals surface area contributed by atoms with E-state index in [4.69, 9.17) is 14.9 Å². The van der Waals surface area contributed by atoms with E-state index in [0.717, 1.165) is 6.61 Å². The van der Waals surface area contributed by atoms with Crippen LogP contribution in [0, 0.1) is 0 Å². The van der Waals surface area contributed by atoms with Crippen molar-refractivity contribution in [2.75, 3.05) is 13.2 Å². The summed E-state index contributed by atoms with van der Waals surface area (Å²) in [4.78, 5) is 0. The van der Waals surface area contributed by atoms with Gasteiger partial charge in [-0.2, -0.15) is 0 Å². The fourth-order valence-corrected chi connectivity index (χ4v) is 0.775. The Morgan fingerprint density at radius 3 is 2.31 bits per heavy atom. The molecule has 72 valence electrons. The summed E-state index contributed by atoms with van der Waals surface area (Å²) in [5.41, 5.74) is 0. The minimum atomic E-state index is -0.808. The second kappa shape index (κ2) is 9.04. The van der Waals surface area contributed by atoms with Gasteiger partial charge in [0.1, 0.15) is 0 Å². The van der Waals surface area contributed by atoms with E-state index in [2.05, 4.69) is 28.1 Å². The van der Waals surface area contributed by atoms with E-state index in [1.807, 2.05) is 0 Å².